The van der Waals surface area contributed by atoms with Crippen molar-refractivity contribution < 1.29 is 13.2 Å². The van der Waals surface area contributed by atoms with Crippen LogP contribution >= 0.6 is 0 Å². The lowest BCUT2D eigenvalue weighted by Gasteiger charge is -2.21. The van der Waals surface area contributed by atoms with Gasteiger partial charge in [0.1, 0.15) is 0 Å². The van der Waals surface area contributed by atoms with Crippen molar-refractivity contribution in [1.29, 1.82) is 0 Å². The Morgan fingerprint density at radius 2 is 1.68 bits per heavy atom. The molecule has 0 aliphatic heterocycles. The third kappa shape index (κ3) is 2.50. The van der Waals surface area contributed by atoms with Crippen LogP contribution in [0.25, 0.3) is 10.8 Å². The minimum Gasteiger partial charge on any atom is -0.328 e. The van der Waals surface area contributed by atoms with Crippen LogP contribution in [0, 0.1) is 0 Å². The van der Waals surface area contributed by atoms with Crippen LogP contribution < -0.4 is 5.56 Å². The summed E-state index contributed by atoms with van der Waals surface area (Å²) in [4.78, 5) is 14.3. The van der Waals surface area contributed by atoms with Gasteiger partial charge in [-0.2, -0.15) is 13.2 Å². The highest BCUT2D eigenvalue weighted by Gasteiger charge is 2.31. The van der Waals surface area contributed by atoms with E-state index in [0.29, 0.717) is 10.9 Å². The summed E-state index contributed by atoms with van der Waals surface area (Å²) in [6.45, 7) is 5.67. The zero-order chi connectivity index (χ0) is 14.4. The second kappa shape index (κ2) is 4.11. The highest BCUT2D eigenvalue weighted by atomic mass is 19.4. The lowest BCUT2D eigenvalue weighted by atomic mass is 9.85. The molecular formula is C14H14F3NO. The fraction of sp³-hybridized carbons (Fsp3) is 0.357. The molecule has 0 aliphatic carbocycles. The molecule has 0 unspecified atom stereocenters. The van der Waals surface area contributed by atoms with E-state index >= 15 is 0 Å². The first-order valence-electron chi connectivity index (χ1n) is 5.84. The predicted molar refractivity (Wildman–Crippen MR) is 68.3 cm³/mol. The van der Waals surface area contributed by atoms with E-state index in [-0.39, 0.29) is 16.4 Å². The van der Waals surface area contributed by atoms with Crippen LogP contribution in [-0.2, 0) is 11.6 Å². The van der Waals surface area contributed by atoms with Crippen LogP contribution in [0.1, 0.15) is 31.9 Å². The summed E-state index contributed by atoms with van der Waals surface area (Å²) in [6, 6.07) is 3.21. The topological polar surface area (TPSA) is 32.9 Å². The first kappa shape index (κ1) is 13.6. The summed E-state index contributed by atoms with van der Waals surface area (Å²) in [5.74, 6) is 0. The van der Waals surface area contributed by atoms with Gasteiger partial charge in [-0.1, -0.05) is 20.8 Å². The van der Waals surface area contributed by atoms with E-state index in [1.165, 1.54) is 12.3 Å². The molecule has 1 aromatic heterocycles. The maximum atomic E-state index is 12.8. The van der Waals surface area contributed by atoms with Gasteiger partial charge in [0.05, 0.1) is 5.56 Å². The second-order valence-corrected chi connectivity index (χ2v) is 5.54. The maximum absolute atomic E-state index is 12.8. The van der Waals surface area contributed by atoms with Gasteiger partial charge in [-0.15, -0.1) is 0 Å². The molecule has 1 N–H and O–H groups in total. The van der Waals surface area contributed by atoms with Gasteiger partial charge < -0.3 is 4.98 Å². The number of nitrogens with one attached hydrogen (secondary N) is 1. The molecule has 2 aromatic rings. The normalized spacial score (nSPS) is 12.9. The molecule has 0 atom stereocenters. The maximum Gasteiger partial charge on any atom is 0.416 e. The van der Waals surface area contributed by atoms with Gasteiger partial charge in [-0.3, -0.25) is 4.79 Å². The molecule has 102 valence electrons. The number of halogens is 3. The highest BCUT2D eigenvalue weighted by Crippen LogP contribution is 2.34. The van der Waals surface area contributed by atoms with E-state index in [0.717, 1.165) is 12.1 Å². The molecule has 19 heavy (non-hydrogen) atoms. The van der Waals surface area contributed by atoms with Crippen LogP contribution in [0.5, 0.6) is 0 Å². The minimum absolute atomic E-state index is 0.278. The highest BCUT2D eigenvalue weighted by molar-refractivity contribution is 5.86. The van der Waals surface area contributed by atoms with E-state index in [4.69, 9.17) is 0 Å². The van der Waals surface area contributed by atoms with E-state index in [9.17, 15) is 18.0 Å². The molecular weight excluding hydrogens is 255 g/mol. The lowest BCUT2D eigenvalue weighted by molar-refractivity contribution is -0.137. The van der Waals surface area contributed by atoms with Gasteiger partial charge >= 0.3 is 6.18 Å². The van der Waals surface area contributed by atoms with Crippen LogP contribution in [0.3, 0.4) is 0 Å². The predicted octanol–water partition coefficient (Wildman–Crippen LogP) is 3.84. The number of hydrogen-bond donors (Lipinski definition) is 1. The van der Waals surface area contributed by atoms with Crippen molar-refractivity contribution in [2.45, 2.75) is 32.4 Å². The Balaban J connectivity index is 2.86. The Hall–Kier alpha value is -1.78. The van der Waals surface area contributed by atoms with Crippen LogP contribution in [0.15, 0.2) is 29.2 Å². The van der Waals surface area contributed by atoms with E-state index in [2.05, 4.69) is 4.98 Å². The fourth-order valence-electron chi connectivity index (χ4n) is 2.06. The zero-order valence-electron chi connectivity index (χ0n) is 10.9. The first-order chi connectivity index (χ1) is 8.60. The number of pyridine rings is 1. The number of H-pyrrole nitrogens is 1. The molecule has 2 rings (SSSR count). The molecule has 0 amide bonds. The molecule has 0 spiro atoms. The number of alkyl halides is 3. The molecule has 0 saturated carbocycles. The third-order valence-electron chi connectivity index (χ3n) is 3.04. The molecule has 2 nitrogen and oxygen atoms in total. The average molecular weight is 269 g/mol. The summed E-state index contributed by atoms with van der Waals surface area (Å²) >= 11 is 0. The number of hydrogen-bond acceptors (Lipinski definition) is 1. The van der Waals surface area contributed by atoms with E-state index in [1.807, 2.05) is 20.8 Å². The molecule has 0 fully saturated rings. The van der Waals surface area contributed by atoms with Crippen molar-refractivity contribution in [2.24, 2.45) is 0 Å². The van der Waals surface area contributed by atoms with Gasteiger partial charge in [-0.05, 0) is 34.6 Å². The van der Waals surface area contributed by atoms with Crippen molar-refractivity contribution in [3.05, 3.63) is 45.9 Å². The van der Waals surface area contributed by atoms with Crippen molar-refractivity contribution >= 4 is 10.8 Å². The Bertz CT molecular complexity index is 678. The molecule has 1 aromatic carbocycles. The number of aromatic nitrogens is 1. The lowest BCUT2D eigenvalue weighted by Crippen LogP contribution is -2.17. The Morgan fingerprint density at radius 3 is 2.21 bits per heavy atom. The van der Waals surface area contributed by atoms with Crippen LogP contribution in [0.2, 0.25) is 0 Å². The minimum atomic E-state index is -4.41. The summed E-state index contributed by atoms with van der Waals surface area (Å²) in [5.41, 5.74) is -0.784. The van der Waals surface area contributed by atoms with Crippen molar-refractivity contribution in [1.82, 2.24) is 4.98 Å². The van der Waals surface area contributed by atoms with Gasteiger partial charge in [0.25, 0.3) is 5.56 Å². The number of rotatable bonds is 0. The standard InChI is InChI=1S/C14H14F3NO/c1-13(2,3)11-7-18-12(19)9-5-4-8(6-10(9)11)14(15,16)17/h4-7H,1-3H3,(H,18,19). The monoisotopic (exact) mass is 269 g/mol. The van der Waals surface area contributed by atoms with Gasteiger partial charge in [0.15, 0.2) is 0 Å². The first-order valence-corrected chi connectivity index (χ1v) is 5.84. The average Bonchev–Trinajstić information content (AvgIpc) is 2.26. The van der Waals surface area contributed by atoms with E-state index < -0.39 is 11.7 Å². The number of benzene rings is 1. The molecule has 0 aliphatic rings. The quantitative estimate of drug-likeness (QED) is 0.774. The summed E-state index contributed by atoms with van der Waals surface area (Å²) in [5, 5.41) is 0.631. The second-order valence-electron chi connectivity index (χ2n) is 5.54. The van der Waals surface area contributed by atoms with Crippen molar-refractivity contribution in [3.63, 3.8) is 0 Å². The SMILES string of the molecule is CC(C)(C)c1c[nH]c(=O)c2ccc(C(F)(F)F)cc12. The number of aromatic amines is 1. The largest absolute Gasteiger partial charge is 0.416 e. The summed E-state index contributed by atoms with van der Waals surface area (Å²) in [6.07, 6.45) is -2.92. The zero-order valence-corrected chi connectivity index (χ0v) is 10.9. The molecule has 0 saturated heterocycles. The number of fused-ring (bicyclic) bond motifs is 1. The molecule has 0 bridgehead atoms. The van der Waals surface area contributed by atoms with Crippen molar-refractivity contribution in [2.75, 3.05) is 0 Å². The van der Waals surface area contributed by atoms with E-state index in [1.54, 1.807) is 0 Å². The smallest absolute Gasteiger partial charge is 0.328 e. The van der Waals surface area contributed by atoms with Gasteiger partial charge in [0, 0.05) is 11.6 Å². The Morgan fingerprint density at radius 1 is 1.05 bits per heavy atom. The summed E-state index contributed by atoms with van der Waals surface area (Å²) < 4.78 is 38.3. The molecule has 5 heteroatoms. The summed E-state index contributed by atoms with van der Waals surface area (Å²) in [7, 11) is 0. The molecule has 1 heterocycles. The van der Waals surface area contributed by atoms with Gasteiger partial charge in [0.2, 0.25) is 0 Å². The van der Waals surface area contributed by atoms with Crippen LogP contribution in [0.4, 0.5) is 13.2 Å². The van der Waals surface area contributed by atoms with Crippen molar-refractivity contribution in [3.8, 4) is 0 Å². The third-order valence-corrected chi connectivity index (χ3v) is 3.04. The van der Waals surface area contributed by atoms with Gasteiger partial charge in [-0.25, -0.2) is 0 Å². The Kier molecular flexibility index (Phi) is 2.96. The molecule has 0 radical (unpaired) electrons. The van der Waals surface area contributed by atoms with Crippen LogP contribution in [-0.4, -0.2) is 4.98 Å². The Labute approximate surface area is 108 Å². The fourth-order valence-corrected chi connectivity index (χ4v) is 2.06.